The van der Waals surface area contributed by atoms with Crippen LogP contribution < -0.4 is 0 Å². The van der Waals surface area contributed by atoms with Crippen LogP contribution in [0.2, 0.25) is 0 Å². The molecule has 0 unspecified atom stereocenters. The second-order valence-corrected chi connectivity index (χ2v) is 4.08. The van der Waals surface area contributed by atoms with E-state index in [-0.39, 0.29) is 5.97 Å². The molecular formula is C11H20O3. The third-order valence-electron chi connectivity index (χ3n) is 2.67. The Morgan fingerprint density at radius 2 is 2.00 bits per heavy atom. The predicted octanol–water partition coefficient (Wildman–Crippen LogP) is 2.37. The summed E-state index contributed by atoms with van der Waals surface area (Å²) in [6, 6.07) is 0. The number of unbranched alkanes of at least 4 members (excludes halogenated alkanes) is 1. The van der Waals surface area contributed by atoms with E-state index in [1.165, 1.54) is 0 Å². The zero-order valence-corrected chi connectivity index (χ0v) is 8.92. The number of ether oxygens (including phenoxy) is 1. The lowest BCUT2D eigenvalue weighted by molar-refractivity contribution is -0.220. The van der Waals surface area contributed by atoms with Gasteiger partial charge in [-0.1, -0.05) is 19.8 Å². The Balaban J connectivity index is 2.29. The highest BCUT2D eigenvalue weighted by Gasteiger charge is 2.32. The molecule has 1 aliphatic carbocycles. The minimum atomic E-state index is -1.15. The molecule has 0 aliphatic heterocycles. The number of rotatable bonds is 4. The molecule has 1 N–H and O–H groups in total. The van der Waals surface area contributed by atoms with E-state index >= 15 is 0 Å². The molecule has 82 valence electrons. The van der Waals surface area contributed by atoms with Crippen molar-refractivity contribution in [3.63, 3.8) is 0 Å². The number of hydrogen-bond acceptors (Lipinski definition) is 3. The summed E-state index contributed by atoms with van der Waals surface area (Å²) in [4.78, 5) is 11.3. The van der Waals surface area contributed by atoms with Crippen LogP contribution in [0.25, 0.3) is 0 Å². The van der Waals surface area contributed by atoms with Gasteiger partial charge < -0.3 is 9.84 Å². The molecule has 0 radical (unpaired) electrons. The van der Waals surface area contributed by atoms with Crippen LogP contribution in [0.3, 0.4) is 0 Å². The highest BCUT2D eigenvalue weighted by molar-refractivity contribution is 5.69. The van der Waals surface area contributed by atoms with Gasteiger partial charge in [0.25, 0.3) is 0 Å². The van der Waals surface area contributed by atoms with Crippen molar-refractivity contribution >= 4 is 5.97 Å². The number of carbonyl (C=O) groups is 1. The lowest BCUT2D eigenvalue weighted by atomic mass is 9.94. The summed E-state index contributed by atoms with van der Waals surface area (Å²) in [7, 11) is 0. The number of aliphatic hydroxyl groups is 1. The summed E-state index contributed by atoms with van der Waals surface area (Å²) in [6.45, 7) is 2.03. The highest BCUT2D eigenvalue weighted by Crippen LogP contribution is 2.29. The van der Waals surface area contributed by atoms with Gasteiger partial charge in [0, 0.05) is 19.3 Å². The van der Waals surface area contributed by atoms with Crippen molar-refractivity contribution in [2.75, 3.05) is 0 Å². The molecular weight excluding hydrogens is 180 g/mol. The summed E-state index contributed by atoms with van der Waals surface area (Å²) >= 11 is 0. The van der Waals surface area contributed by atoms with Crippen molar-refractivity contribution in [3.05, 3.63) is 0 Å². The normalized spacial score (nSPS) is 20.4. The van der Waals surface area contributed by atoms with E-state index in [2.05, 4.69) is 0 Å². The van der Waals surface area contributed by atoms with Crippen LogP contribution >= 0.6 is 0 Å². The van der Waals surface area contributed by atoms with Gasteiger partial charge in [0.1, 0.15) is 0 Å². The molecule has 0 heterocycles. The van der Waals surface area contributed by atoms with E-state index in [9.17, 15) is 9.90 Å². The first-order chi connectivity index (χ1) is 6.66. The van der Waals surface area contributed by atoms with Crippen LogP contribution in [0.4, 0.5) is 0 Å². The van der Waals surface area contributed by atoms with Gasteiger partial charge in [-0.05, 0) is 19.3 Å². The van der Waals surface area contributed by atoms with Gasteiger partial charge in [-0.15, -0.1) is 0 Å². The van der Waals surface area contributed by atoms with Gasteiger partial charge in [-0.2, -0.15) is 0 Å². The molecule has 0 amide bonds. The third-order valence-corrected chi connectivity index (χ3v) is 2.67. The van der Waals surface area contributed by atoms with Crippen molar-refractivity contribution in [1.29, 1.82) is 0 Å². The number of carbonyl (C=O) groups excluding carboxylic acids is 1. The Labute approximate surface area is 85.5 Å². The standard InChI is InChI=1S/C11H20O3/c1-2-3-7-10(12)14-11(13)8-5-4-6-9-11/h13H,2-9H2,1H3. The Hall–Kier alpha value is -0.570. The Kier molecular flexibility index (Phi) is 4.39. The van der Waals surface area contributed by atoms with Gasteiger partial charge >= 0.3 is 5.97 Å². The molecule has 3 heteroatoms. The van der Waals surface area contributed by atoms with E-state index in [4.69, 9.17) is 4.74 Å². The molecule has 0 aromatic rings. The first-order valence-corrected chi connectivity index (χ1v) is 5.60. The molecule has 0 aromatic heterocycles. The average Bonchev–Trinajstić information content (AvgIpc) is 2.15. The Morgan fingerprint density at radius 1 is 1.36 bits per heavy atom. The fourth-order valence-electron chi connectivity index (χ4n) is 1.79. The molecule has 3 nitrogen and oxygen atoms in total. The number of esters is 1. The van der Waals surface area contributed by atoms with Crippen molar-refractivity contribution < 1.29 is 14.6 Å². The maximum atomic E-state index is 11.3. The monoisotopic (exact) mass is 200 g/mol. The van der Waals surface area contributed by atoms with Crippen molar-refractivity contribution in [1.82, 2.24) is 0 Å². The quantitative estimate of drug-likeness (QED) is 0.560. The summed E-state index contributed by atoms with van der Waals surface area (Å²) in [5, 5.41) is 9.90. The van der Waals surface area contributed by atoms with Crippen LogP contribution in [0.1, 0.15) is 58.3 Å². The van der Waals surface area contributed by atoms with E-state index in [0.29, 0.717) is 19.3 Å². The first kappa shape index (κ1) is 11.5. The van der Waals surface area contributed by atoms with Crippen molar-refractivity contribution in [2.24, 2.45) is 0 Å². The molecule has 1 fully saturated rings. The molecule has 1 aliphatic rings. The smallest absolute Gasteiger partial charge is 0.308 e. The Bertz CT molecular complexity index is 183. The van der Waals surface area contributed by atoms with Gasteiger partial charge in [0.05, 0.1) is 0 Å². The molecule has 0 aromatic carbocycles. The van der Waals surface area contributed by atoms with Gasteiger partial charge in [0.15, 0.2) is 0 Å². The maximum Gasteiger partial charge on any atom is 0.308 e. The van der Waals surface area contributed by atoms with Crippen LogP contribution in [0.5, 0.6) is 0 Å². The summed E-state index contributed by atoms with van der Waals surface area (Å²) in [5.74, 6) is -1.40. The first-order valence-electron chi connectivity index (χ1n) is 5.60. The lowest BCUT2D eigenvalue weighted by Gasteiger charge is -2.31. The molecule has 0 spiro atoms. The molecule has 0 saturated heterocycles. The lowest BCUT2D eigenvalue weighted by Crippen LogP contribution is -2.36. The van der Waals surface area contributed by atoms with Crippen molar-refractivity contribution in [3.8, 4) is 0 Å². The predicted molar refractivity (Wildman–Crippen MR) is 53.7 cm³/mol. The van der Waals surface area contributed by atoms with Gasteiger partial charge in [-0.25, -0.2) is 0 Å². The van der Waals surface area contributed by atoms with Gasteiger partial charge in [0.2, 0.25) is 5.79 Å². The SMILES string of the molecule is CCCCC(=O)OC1(O)CCCCC1. The minimum absolute atomic E-state index is 0.253. The van der Waals surface area contributed by atoms with Crippen LogP contribution in [0, 0.1) is 0 Å². The molecule has 1 saturated carbocycles. The second-order valence-electron chi connectivity index (χ2n) is 4.08. The van der Waals surface area contributed by atoms with E-state index < -0.39 is 5.79 Å². The largest absolute Gasteiger partial charge is 0.433 e. The average molecular weight is 200 g/mol. The van der Waals surface area contributed by atoms with Crippen LogP contribution in [0.15, 0.2) is 0 Å². The van der Waals surface area contributed by atoms with Crippen LogP contribution in [-0.2, 0) is 9.53 Å². The number of hydrogen-bond donors (Lipinski definition) is 1. The zero-order valence-electron chi connectivity index (χ0n) is 8.92. The second kappa shape index (κ2) is 5.35. The molecule has 0 atom stereocenters. The minimum Gasteiger partial charge on any atom is -0.433 e. The van der Waals surface area contributed by atoms with E-state index in [0.717, 1.165) is 32.1 Å². The highest BCUT2D eigenvalue weighted by atomic mass is 16.7. The zero-order chi connectivity index (χ0) is 10.4. The van der Waals surface area contributed by atoms with E-state index in [1.807, 2.05) is 6.92 Å². The van der Waals surface area contributed by atoms with Crippen molar-refractivity contribution in [2.45, 2.75) is 64.1 Å². The van der Waals surface area contributed by atoms with Gasteiger partial charge in [-0.3, -0.25) is 4.79 Å². The fraction of sp³-hybridized carbons (Fsp3) is 0.909. The summed E-state index contributed by atoms with van der Waals surface area (Å²) in [6.07, 6.45) is 6.50. The fourth-order valence-corrected chi connectivity index (χ4v) is 1.79. The summed E-state index contributed by atoms with van der Waals surface area (Å²) in [5.41, 5.74) is 0. The van der Waals surface area contributed by atoms with E-state index in [1.54, 1.807) is 0 Å². The third kappa shape index (κ3) is 3.66. The molecule has 0 bridgehead atoms. The topological polar surface area (TPSA) is 46.5 Å². The summed E-state index contributed by atoms with van der Waals surface area (Å²) < 4.78 is 5.10. The molecule has 1 rings (SSSR count). The Morgan fingerprint density at radius 3 is 2.57 bits per heavy atom. The maximum absolute atomic E-state index is 11.3. The van der Waals surface area contributed by atoms with Crippen LogP contribution in [-0.4, -0.2) is 16.9 Å². The molecule has 14 heavy (non-hydrogen) atoms.